The van der Waals surface area contributed by atoms with Crippen LogP contribution in [0.25, 0.3) is 0 Å². The van der Waals surface area contributed by atoms with Crippen molar-refractivity contribution in [3.05, 3.63) is 35.4 Å². The Morgan fingerprint density at radius 3 is 3.20 bits per heavy atom. The van der Waals surface area contributed by atoms with E-state index in [2.05, 4.69) is 0 Å². The third-order valence-corrected chi connectivity index (χ3v) is 2.46. The van der Waals surface area contributed by atoms with Crippen LogP contribution in [0.2, 0.25) is 0 Å². The zero-order valence-corrected chi connectivity index (χ0v) is 8.52. The van der Waals surface area contributed by atoms with E-state index >= 15 is 0 Å². The van der Waals surface area contributed by atoms with Crippen molar-refractivity contribution < 1.29 is 14.3 Å². The molecule has 1 heterocycles. The Labute approximate surface area is 89.0 Å². The second-order valence-corrected chi connectivity index (χ2v) is 3.66. The van der Waals surface area contributed by atoms with Gasteiger partial charge in [0.25, 0.3) is 0 Å². The average Bonchev–Trinajstić information content (AvgIpc) is 2.79. The van der Waals surface area contributed by atoms with E-state index in [0.717, 1.165) is 24.9 Å². The van der Waals surface area contributed by atoms with Gasteiger partial charge in [-0.15, -0.1) is 0 Å². The van der Waals surface area contributed by atoms with Gasteiger partial charge in [0.2, 0.25) is 0 Å². The molecule has 3 nitrogen and oxygen atoms in total. The molecule has 0 aliphatic carbocycles. The Hall–Kier alpha value is -1.19. The molecule has 0 spiro atoms. The zero-order chi connectivity index (χ0) is 10.5. The van der Waals surface area contributed by atoms with Crippen molar-refractivity contribution in [1.82, 2.24) is 0 Å². The number of aldehydes is 1. The summed E-state index contributed by atoms with van der Waals surface area (Å²) >= 11 is 0. The topological polar surface area (TPSA) is 35.5 Å². The van der Waals surface area contributed by atoms with E-state index in [9.17, 15) is 4.79 Å². The zero-order valence-electron chi connectivity index (χ0n) is 8.52. The molecule has 0 radical (unpaired) electrons. The molecule has 1 saturated heterocycles. The highest BCUT2D eigenvalue weighted by atomic mass is 16.5. The minimum absolute atomic E-state index is 0.213. The van der Waals surface area contributed by atoms with Gasteiger partial charge in [-0.25, -0.2) is 0 Å². The molecule has 1 atom stereocenters. The molecule has 0 saturated carbocycles. The van der Waals surface area contributed by atoms with Crippen molar-refractivity contribution in [1.29, 1.82) is 0 Å². The van der Waals surface area contributed by atoms with Crippen LogP contribution in [0.15, 0.2) is 24.3 Å². The summed E-state index contributed by atoms with van der Waals surface area (Å²) in [5.74, 6) is 0. The third-order valence-electron chi connectivity index (χ3n) is 2.46. The molecule has 1 aromatic carbocycles. The first kappa shape index (κ1) is 10.3. The maximum absolute atomic E-state index is 10.6. The largest absolute Gasteiger partial charge is 0.379 e. The maximum Gasteiger partial charge on any atom is 0.150 e. The molecule has 1 aliphatic heterocycles. The first-order chi connectivity index (χ1) is 7.38. The Bertz CT molecular complexity index is 329. The van der Waals surface area contributed by atoms with Crippen molar-refractivity contribution >= 4 is 6.29 Å². The van der Waals surface area contributed by atoms with Crippen LogP contribution < -0.4 is 0 Å². The van der Waals surface area contributed by atoms with Gasteiger partial charge in [-0.1, -0.05) is 18.2 Å². The van der Waals surface area contributed by atoms with Gasteiger partial charge in [-0.2, -0.15) is 0 Å². The lowest BCUT2D eigenvalue weighted by molar-refractivity contribution is 0.0317. The molecule has 1 fully saturated rings. The molecule has 15 heavy (non-hydrogen) atoms. The van der Waals surface area contributed by atoms with Crippen molar-refractivity contribution in [2.75, 3.05) is 13.2 Å². The quantitative estimate of drug-likeness (QED) is 0.705. The van der Waals surface area contributed by atoms with Gasteiger partial charge >= 0.3 is 0 Å². The molecular formula is C12H14O3. The van der Waals surface area contributed by atoms with E-state index in [1.165, 1.54) is 0 Å². The predicted molar refractivity (Wildman–Crippen MR) is 55.8 cm³/mol. The lowest BCUT2D eigenvalue weighted by Crippen LogP contribution is -2.11. The predicted octanol–water partition coefficient (Wildman–Crippen LogP) is 1.80. The standard InChI is InChI=1S/C12H14O3/c13-7-10-2-1-3-11(6-10)8-15-12-4-5-14-9-12/h1-3,6-7,12H,4-5,8-9H2. The summed E-state index contributed by atoms with van der Waals surface area (Å²) in [5, 5.41) is 0. The molecule has 0 N–H and O–H groups in total. The summed E-state index contributed by atoms with van der Waals surface area (Å²) in [6.07, 6.45) is 2.03. The Morgan fingerprint density at radius 1 is 1.53 bits per heavy atom. The molecule has 0 amide bonds. The second-order valence-electron chi connectivity index (χ2n) is 3.66. The minimum atomic E-state index is 0.213. The SMILES string of the molecule is O=Cc1cccc(COC2CCOC2)c1. The number of benzene rings is 1. The maximum atomic E-state index is 10.6. The summed E-state index contributed by atoms with van der Waals surface area (Å²) in [6.45, 7) is 2.03. The van der Waals surface area contributed by atoms with Gasteiger partial charge in [-0.3, -0.25) is 4.79 Å². The number of rotatable bonds is 4. The van der Waals surface area contributed by atoms with Crippen molar-refractivity contribution in [2.45, 2.75) is 19.1 Å². The number of hydrogen-bond donors (Lipinski definition) is 0. The van der Waals surface area contributed by atoms with Crippen LogP contribution in [0.1, 0.15) is 22.3 Å². The fourth-order valence-electron chi connectivity index (χ4n) is 1.61. The average molecular weight is 206 g/mol. The monoisotopic (exact) mass is 206 g/mol. The second kappa shape index (κ2) is 5.05. The van der Waals surface area contributed by atoms with Crippen molar-refractivity contribution in [3.63, 3.8) is 0 Å². The molecule has 1 aromatic rings. The molecule has 80 valence electrons. The summed E-state index contributed by atoms with van der Waals surface area (Å²) in [6, 6.07) is 7.47. The molecule has 1 unspecified atom stereocenters. The van der Waals surface area contributed by atoms with E-state index in [1.54, 1.807) is 6.07 Å². The lowest BCUT2D eigenvalue weighted by Gasteiger charge is -2.09. The van der Waals surface area contributed by atoms with Gasteiger partial charge < -0.3 is 9.47 Å². The van der Waals surface area contributed by atoms with Crippen LogP contribution in [-0.2, 0) is 16.1 Å². The smallest absolute Gasteiger partial charge is 0.150 e. The van der Waals surface area contributed by atoms with Crippen molar-refractivity contribution in [3.8, 4) is 0 Å². The fourth-order valence-corrected chi connectivity index (χ4v) is 1.61. The Kier molecular flexibility index (Phi) is 3.48. The number of ether oxygens (including phenoxy) is 2. The van der Waals surface area contributed by atoms with Gasteiger partial charge in [-0.05, 0) is 18.1 Å². The fraction of sp³-hybridized carbons (Fsp3) is 0.417. The normalized spacial score (nSPS) is 20.4. The van der Waals surface area contributed by atoms with E-state index in [-0.39, 0.29) is 6.10 Å². The highest BCUT2D eigenvalue weighted by Crippen LogP contribution is 2.12. The van der Waals surface area contributed by atoms with Gasteiger partial charge in [0.05, 0.1) is 19.3 Å². The minimum Gasteiger partial charge on any atom is -0.379 e. The van der Waals surface area contributed by atoms with E-state index in [0.29, 0.717) is 18.8 Å². The number of carbonyl (C=O) groups excluding carboxylic acids is 1. The number of hydrogen-bond acceptors (Lipinski definition) is 3. The molecule has 0 aromatic heterocycles. The highest BCUT2D eigenvalue weighted by molar-refractivity contribution is 5.74. The van der Waals surface area contributed by atoms with Crippen LogP contribution in [-0.4, -0.2) is 25.6 Å². The third kappa shape index (κ3) is 2.88. The first-order valence-corrected chi connectivity index (χ1v) is 5.12. The Morgan fingerprint density at radius 2 is 2.47 bits per heavy atom. The van der Waals surface area contributed by atoms with Crippen LogP contribution >= 0.6 is 0 Å². The van der Waals surface area contributed by atoms with Crippen LogP contribution in [0.5, 0.6) is 0 Å². The molecular weight excluding hydrogens is 192 g/mol. The van der Waals surface area contributed by atoms with Crippen molar-refractivity contribution in [2.24, 2.45) is 0 Å². The van der Waals surface area contributed by atoms with Crippen LogP contribution in [0.4, 0.5) is 0 Å². The summed E-state index contributed by atoms with van der Waals surface area (Å²) in [5.41, 5.74) is 1.73. The van der Waals surface area contributed by atoms with Crippen LogP contribution in [0.3, 0.4) is 0 Å². The lowest BCUT2D eigenvalue weighted by atomic mass is 10.1. The summed E-state index contributed by atoms with van der Waals surface area (Å²) in [7, 11) is 0. The van der Waals surface area contributed by atoms with Gasteiger partial charge in [0, 0.05) is 12.2 Å². The first-order valence-electron chi connectivity index (χ1n) is 5.12. The van der Waals surface area contributed by atoms with Gasteiger partial charge in [0.1, 0.15) is 6.29 Å². The Balaban J connectivity index is 1.89. The molecule has 2 rings (SSSR count). The molecule has 1 aliphatic rings. The number of carbonyl (C=O) groups is 1. The summed E-state index contributed by atoms with van der Waals surface area (Å²) < 4.78 is 10.9. The summed E-state index contributed by atoms with van der Waals surface area (Å²) in [4.78, 5) is 10.6. The highest BCUT2D eigenvalue weighted by Gasteiger charge is 2.15. The van der Waals surface area contributed by atoms with Gasteiger partial charge in [0.15, 0.2) is 0 Å². The molecule has 0 bridgehead atoms. The van der Waals surface area contributed by atoms with E-state index < -0.39 is 0 Å². The van der Waals surface area contributed by atoms with Crippen LogP contribution in [0, 0.1) is 0 Å². The van der Waals surface area contributed by atoms with E-state index in [4.69, 9.17) is 9.47 Å². The molecule has 3 heteroatoms. The van der Waals surface area contributed by atoms with E-state index in [1.807, 2.05) is 18.2 Å².